The van der Waals surface area contributed by atoms with E-state index in [-0.39, 0.29) is 17.6 Å². The lowest BCUT2D eigenvalue weighted by Gasteiger charge is -2.45. The SMILES string of the molecule is C[C@H]1CC2(CCN(c3ncc(Sc4cc(N)nc5ccccc45)c4nccn34)CC2NC(=O)OC(C)(C)C)CO1. The zero-order valence-corrected chi connectivity index (χ0v) is 24.1. The summed E-state index contributed by atoms with van der Waals surface area (Å²) in [6.45, 7) is 9.72. The summed E-state index contributed by atoms with van der Waals surface area (Å²) in [5.74, 6) is 1.26. The van der Waals surface area contributed by atoms with E-state index in [1.54, 1.807) is 18.0 Å². The predicted octanol–water partition coefficient (Wildman–Crippen LogP) is 4.91. The fraction of sp³-hybridized carbons (Fsp3) is 0.448. The van der Waals surface area contributed by atoms with Gasteiger partial charge in [-0.3, -0.25) is 4.40 Å². The monoisotopic (exact) mass is 561 g/mol. The lowest BCUT2D eigenvalue weighted by molar-refractivity contribution is 0.0385. The smallest absolute Gasteiger partial charge is 0.407 e. The quantitative estimate of drug-likeness (QED) is 0.358. The molecule has 2 unspecified atom stereocenters. The fourth-order valence-electron chi connectivity index (χ4n) is 5.84. The second-order valence-electron chi connectivity index (χ2n) is 11.8. The molecule has 2 aliphatic heterocycles. The maximum absolute atomic E-state index is 12.9. The second-order valence-corrected chi connectivity index (χ2v) is 12.9. The van der Waals surface area contributed by atoms with Gasteiger partial charge in [0.2, 0.25) is 5.95 Å². The van der Waals surface area contributed by atoms with Gasteiger partial charge in [-0.05, 0) is 52.7 Å². The number of carbonyl (C=O) groups excluding carboxylic acids is 1. The number of nitrogens with two attached hydrogens (primary N) is 1. The first-order valence-electron chi connectivity index (χ1n) is 13.6. The van der Waals surface area contributed by atoms with Crippen LogP contribution in [0.1, 0.15) is 40.5 Å². The lowest BCUT2D eigenvalue weighted by atomic mass is 9.73. The van der Waals surface area contributed by atoms with Crippen LogP contribution in [0.15, 0.2) is 58.7 Å². The molecule has 2 saturated heterocycles. The highest BCUT2D eigenvalue weighted by molar-refractivity contribution is 7.99. The number of hydrogen-bond acceptors (Lipinski definition) is 9. The minimum atomic E-state index is -0.575. The Kier molecular flexibility index (Phi) is 6.74. The van der Waals surface area contributed by atoms with E-state index in [1.807, 2.05) is 67.9 Å². The number of nitrogens with zero attached hydrogens (tertiary/aromatic N) is 5. The number of imidazole rings is 1. The van der Waals surface area contributed by atoms with Crippen LogP contribution in [0.2, 0.25) is 0 Å². The summed E-state index contributed by atoms with van der Waals surface area (Å²) in [7, 11) is 0. The zero-order chi connectivity index (χ0) is 28.1. The number of nitrogen functional groups attached to an aromatic ring is 1. The average Bonchev–Trinajstić information content (AvgIpc) is 3.52. The first-order valence-corrected chi connectivity index (χ1v) is 14.4. The number of amides is 1. The van der Waals surface area contributed by atoms with Crippen LogP contribution in [0.3, 0.4) is 0 Å². The third-order valence-corrected chi connectivity index (χ3v) is 8.70. The Bertz CT molecular complexity index is 1570. The molecule has 1 amide bonds. The molecule has 3 atom stereocenters. The lowest BCUT2D eigenvalue weighted by Crippen LogP contribution is -2.60. The van der Waals surface area contributed by atoms with Gasteiger partial charge in [0, 0.05) is 47.4 Å². The van der Waals surface area contributed by atoms with E-state index >= 15 is 0 Å². The van der Waals surface area contributed by atoms with Gasteiger partial charge in [0.05, 0.1) is 29.2 Å². The molecule has 3 N–H and O–H groups in total. The zero-order valence-electron chi connectivity index (χ0n) is 23.3. The molecule has 0 radical (unpaired) electrons. The second kappa shape index (κ2) is 10.1. The number of alkyl carbamates (subject to hydrolysis) is 1. The third kappa shape index (κ3) is 5.15. The van der Waals surface area contributed by atoms with Gasteiger partial charge in [0.25, 0.3) is 0 Å². The van der Waals surface area contributed by atoms with Crippen molar-refractivity contribution in [1.82, 2.24) is 24.7 Å². The maximum Gasteiger partial charge on any atom is 0.407 e. The molecule has 0 saturated carbocycles. The highest BCUT2D eigenvalue weighted by Gasteiger charge is 2.49. The van der Waals surface area contributed by atoms with Gasteiger partial charge in [-0.2, -0.15) is 0 Å². The molecular formula is C29H35N7O3S. The third-order valence-electron chi connectivity index (χ3n) is 7.64. The van der Waals surface area contributed by atoms with Gasteiger partial charge >= 0.3 is 6.09 Å². The van der Waals surface area contributed by atoms with Crippen molar-refractivity contribution in [3.63, 3.8) is 0 Å². The van der Waals surface area contributed by atoms with Crippen LogP contribution < -0.4 is 16.0 Å². The van der Waals surface area contributed by atoms with Crippen molar-refractivity contribution in [3.05, 3.63) is 48.9 Å². The van der Waals surface area contributed by atoms with E-state index in [1.165, 1.54) is 0 Å². The van der Waals surface area contributed by atoms with Crippen molar-refractivity contribution >= 4 is 46.2 Å². The van der Waals surface area contributed by atoms with Crippen LogP contribution in [0.4, 0.5) is 16.6 Å². The van der Waals surface area contributed by atoms with E-state index < -0.39 is 11.7 Å². The molecule has 10 nitrogen and oxygen atoms in total. The molecule has 3 aromatic heterocycles. The number of rotatable bonds is 4. The number of carbonyl (C=O) groups is 1. The van der Waals surface area contributed by atoms with Crippen LogP contribution in [0, 0.1) is 5.41 Å². The highest BCUT2D eigenvalue weighted by atomic mass is 32.2. The molecule has 11 heteroatoms. The molecule has 0 aliphatic carbocycles. The summed E-state index contributed by atoms with van der Waals surface area (Å²) < 4.78 is 13.7. The number of ether oxygens (including phenoxy) is 2. The van der Waals surface area contributed by atoms with Crippen molar-refractivity contribution in [3.8, 4) is 0 Å². The van der Waals surface area contributed by atoms with Gasteiger partial charge in [-0.25, -0.2) is 19.7 Å². The van der Waals surface area contributed by atoms with Crippen molar-refractivity contribution in [2.45, 2.75) is 68.1 Å². The summed E-state index contributed by atoms with van der Waals surface area (Å²) in [5, 5.41) is 4.21. The molecule has 2 fully saturated rings. The average molecular weight is 562 g/mol. The first-order chi connectivity index (χ1) is 19.1. The topological polar surface area (TPSA) is 120 Å². The van der Waals surface area contributed by atoms with E-state index in [0.717, 1.165) is 51.7 Å². The van der Waals surface area contributed by atoms with Gasteiger partial charge in [0.15, 0.2) is 5.65 Å². The van der Waals surface area contributed by atoms with Gasteiger partial charge in [-0.1, -0.05) is 30.0 Å². The van der Waals surface area contributed by atoms with Crippen molar-refractivity contribution in [2.75, 3.05) is 30.3 Å². The molecule has 6 rings (SSSR count). The normalized spacial score (nSPS) is 23.2. The number of piperidine rings is 1. The molecule has 5 heterocycles. The Balaban J connectivity index is 1.30. The highest BCUT2D eigenvalue weighted by Crippen LogP contribution is 2.43. The number of fused-ring (bicyclic) bond motifs is 2. The number of benzene rings is 1. The minimum absolute atomic E-state index is 0.140. The minimum Gasteiger partial charge on any atom is -0.444 e. The summed E-state index contributed by atoms with van der Waals surface area (Å²) in [5.41, 5.74) is 7.06. The molecule has 1 aromatic carbocycles. The Morgan fingerprint density at radius 1 is 1.25 bits per heavy atom. The van der Waals surface area contributed by atoms with Crippen LogP contribution in [-0.2, 0) is 9.47 Å². The summed E-state index contributed by atoms with van der Waals surface area (Å²) >= 11 is 1.58. The largest absolute Gasteiger partial charge is 0.444 e. The Labute approximate surface area is 237 Å². The Hall–Kier alpha value is -3.57. The van der Waals surface area contributed by atoms with Crippen LogP contribution in [-0.4, -0.2) is 62.9 Å². The van der Waals surface area contributed by atoms with E-state index in [0.29, 0.717) is 19.0 Å². The fourth-order valence-corrected chi connectivity index (χ4v) is 6.89. The molecule has 1 spiro atoms. The number of anilines is 2. The maximum atomic E-state index is 12.9. The van der Waals surface area contributed by atoms with E-state index in [9.17, 15) is 4.79 Å². The first kappa shape index (κ1) is 26.6. The van der Waals surface area contributed by atoms with Crippen LogP contribution in [0.5, 0.6) is 0 Å². The number of aromatic nitrogens is 4. The van der Waals surface area contributed by atoms with Crippen LogP contribution in [0.25, 0.3) is 16.6 Å². The molecular weight excluding hydrogens is 526 g/mol. The summed E-state index contributed by atoms with van der Waals surface area (Å²) in [6, 6.07) is 9.70. The van der Waals surface area contributed by atoms with Crippen molar-refractivity contribution in [2.24, 2.45) is 5.41 Å². The number of para-hydroxylation sites is 1. The molecule has 40 heavy (non-hydrogen) atoms. The van der Waals surface area contributed by atoms with Gasteiger partial charge in [0.1, 0.15) is 11.4 Å². The van der Waals surface area contributed by atoms with Crippen LogP contribution >= 0.6 is 11.8 Å². The van der Waals surface area contributed by atoms with Crippen molar-refractivity contribution in [1.29, 1.82) is 0 Å². The Morgan fingerprint density at radius 3 is 2.85 bits per heavy atom. The van der Waals surface area contributed by atoms with E-state index in [4.69, 9.17) is 20.2 Å². The van der Waals surface area contributed by atoms with Crippen molar-refractivity contribution < 1.29 is 14.3 Å². The standard InChI is InChI=1S/C29H35N7O3S/c1-18-14-29(17-38-18)9-11-35(16-23(29)34-27(37)39-28(2,3)4)26-32-15-22(25-31-10-12-36(25)26)40-21-13-24(30)33-20-8-6-5-7-19(20)21/h5-8,10,12-13,15,18,23H,9,11,14,16-17H2,1-4H3,(H2,30,33)(H,34,37)/t18-,23?,29?/m0/s1. The summed E-state index contributed by atoms with van der Waals surface area (Å²) in [6.07, 6.45) is 7.11. The number of hydrogen-bond donors (Lipinski definition) is 2. The number of nitrogens with one attached hydrogen (secondary N) is 1. The van der Waals surface area contributed by atoms with E-state index in [2.05, 4.69) is 27.1 Å². The number of pyridine rings is 1. The van der Waals surface area contributed by atoms with Gasteiger partial charge in [-0.15, -0.1) is 0 Å². The van der Waals surface area contributed by atoms with Gasteiger partial charge < -0.3 is 25.4 Å². The predicted molar refractivity (Wildman–Crippen MR) is 156 cm³/mol. The molecule has 210 valence electrons. The Morgan fingerprint density at radius 2 is 2.08 bits per heavy atom. The molecule has 2 aliphatic rings. The molecule has 4 aromatic rings. The summed E-state index contributed by atoms with van der Waals surface area (Å²) in [4.78, 5) is 31.0. The molecule has 0 bridgehead atoms.